The van der Waals surface area contributed by atoms with Gasteiger partial charge in [-0.3, -0.25) is 14.2 Å². The molecule has 0 saturated carbocycles. The molecule has 0 amide bonds. The maximum Gasteiger partial charge on any atom is 0.327 e. The lowest BCUT2D eigenvalue weighted by atomic mass is 10.2. The minimum absolute atomic E-state index is 0.133. The van der Waals surface area contributed by atoms with E-state index in [-0.39, 0.29) is 20.6 Å². The molecule has 0 bridgehead atoms. The van der Waals surface area contributed by atoms with Crippen molar-refractivity contribution in [1.29, 1.82) is 0 Å². The van der Waals surface area contributed by atoms with Gasteiger partial charge in [0.1, 0.15) is 12.1 Å². The number of aromatic nitrogens is 2. The van der Waals surface area contributed by atoms with Crippen molar-refractivity contribution in [2.45, 2.75) is 31.3 Å². The Labute approximate surface area is 178 Å². The summed E-state index contributed by atoms with van der Waals surface area (Å²) in [4.78, 5) is 12.3. The van der Waals surface area contributed by atoms with Crippen molar-refractivity contribution in [3.8, 4) is 0 Å². The third kappa shape index (κ3) is 5.01. The van der Waals surface area contributed by atoms with Gasteiger partial charge < -0.3 is 4.74 Å². The quantitative estimate of drug-likeness (QED) is 0.575. The fourth-order valence-corrected chi connectivity index (χ4v) is 4.82. The summed E-state index contributed by atoms with van der Waals surface area (Å²) < 4.78 is 33.1. The lowest BCUT2D eigenvalue weighted by Gasteiger charge is -2.26. The average molecular weight is 456 g/mol. The van der Waals surface area contributed by atoms with Crippen LogP contribution in [0.3, 0.4) is 0 Å². The van der Waals surface area contributed by atoms with Gasteiger partial charge in [-0.15, -0.1) is 0 Å². The molecular weight excluding hydrogens is 437 g/mol. The van der Waals surface area contributed by atoms with Crippen LogP contribution in [0.1, 0.15) is 20.8 Å². The number of H-pyrrole nitrogens is 1. The van der Waals surface area contributed by atoms with E-state index in [0.29, 0.717) is 5.39 Å². The molecule has 1 heterocycles. The molecule has 1 aromatic heterocycles. The van der Waals surface area contributed by atoms with E-state index in [4.69, 9.17) is 27.9 Å². The molecule has 0 radical (unpaired) electrons. The van der Waals surface area contributed by atoms with Crippen LogP contribution in [0.25, 0.3) is 10.9 Å². The summed E-state index contributed by atoms with van der Waals surface area (Å²) in [7, 11) is -4.17. The zero-order valence-electron chi connectivity index (χ0n) is 15.9. The zero-order chi connectivity index (χ0) is 21.4. The van der Waals surface area contributed by atoms with Crippen LogP contribution in [-0.2, 0) is 19.6 Å². The molecule has 7 nitrogen and oxygen atoms in total. The second-order valence-corrected chi connectivity index (χ2v) is 10.1. The van der Waals surface area contributed by atoms with Gasteiger partial charge in [0.15, 0.2) is 0 Å². The van der Waals surface area contributed by atoms with E-state index < -0.39 is 28.1 Å². The Bertz CT molecular complexity index is 1150. The largest absolute Gasteiger partial charge is 0.459 e. The maximum absolute atomic E-state index is 13.4. The van der Waals surface area contributed by atoms with Gasteiger partial charge >= 0.3 is 5.97 Å². The van der Waals surface area contributed by atoms with Crippen molar-refractivity contribution < 1.29 is 17.9 Å². The first-order valence-electron chi connectivity index (χ1n) is 8.59. The van der Waals surface area contributed by atoms with E-state index in [1.807, 2.05) is 0 Å². The smallest absolute Gasteiger partial charge is 0.327 e. The highest BCUT2D eigenvalue weighted by atomic mass is 35.5. The van der Waals surface area contributed by atoms with Gasteiger partial charge in [-0.25, -0.2) is 8.42 Å². The number of ether oxygens (including phenoxy) is 1. The average Bonchev–Trinajstić information content (AvgIpc) is 3.04. The van der Waals surface area contributed by atoms with Crippen LogP contribution in [0.15, 0.2) is 47.5 Å². The highest BCUT2D eigenvalue weighted by Gasteiger charge is 2.30. The molecule has 0 unspecified atom stereocenters. The number of hydrogen-bond donors (Lipinski definition) is 1. The molecule has 0 aliphatic heterocycles. The summed E-state index contributed by atoms with van der Waals surface area (Å²) in [5, 5.41) is 7.76. The lowest BCUT2D eigenvalue weighted by molar-refractivity contribution is -0.152. The molecule has 0 aliphatic rings. The Balaban J connectivity index is 2.09. The molecular formula is C19H19Cl2N3O4S. The minimum Gasteiger partial charge on any atom is -0.459 e. The van der Waals surface area contributed by atoms with Gasteiger partial charge in [0, 0.05) is 15.4 Å². The number of aromatic amines is 1. The van der Waals surface area contributed by atoms with Gasteiger partial charge in [0.25, 0.3) is 10.0 Å². The van der Waals surface area contributed by atoms with Crippen LogP contribution in [-0.4, -0.2) is 36.7 Å². The Morgan fingerprint density at radius 1 is 1.14 bits per heavy atom. The first kappa shape index (κ1) is 21.4. The predicted molar refractivity (Wildman–Crippen MR) is 113 cm³/mol. The zero-order valence-corrected chi connectivity index (χ0v) is 18.3. The van der Waals surface area contributed by atoms with Crippen molar-refractivity contribution in [2.24, 2.45) is 0 Å². The molecule has 29 heavy (non-hydrogen) atoms. The van der Waals surface area contributed by atoms with Gasteiger partial charge in [-0.1, -0.05) is 23.2 Å². The van der Waals surface area contributed by atoms with Crippen molar-refractivity contribution in [3.63, 3.8) is 0 Å². The number of carbonyl (C=O) groups excluding carboxylic acids is 1. The molecule has 10 heteroatoms. The topological polar surface area (TPSA) is 92.4 Å². The Hall–Kier alpha value is -2.29. The minimum atomic E-state index is -4.17. The van der Waals surface area contributed by atoms with Crippen LogP contribution in [0, 0.1) is 0 Å². The second-order valence-electron chi connectivity index (χ2n) is 7.34. The van der Waals surface area contributed by atoms with E-state index in [1.165, 1.54) is 18.2 Å². The normalized spacial score (nSPS) is 12.2. The molecule has 3 aromatic rings. The van der Waals surface area contributed by atoms with Crippen LogP contribution < -0.4 is 4.31 Å². The summed E-state index contributed by atoms with van der Waals surface area (Å²) in [6.07, 6.45) is 1.56. The predicted octanol–water partition coefficient (Wildman–Crippen LogP) is 4.41. The fraction of sp³-hybridized carbons (Fsp3) is 0.263. The van der Waals surface area contributed by atoms with Crippen molar-refractivity contribution in [2.75, 3.05) is 10.8 Å². The monoisotopic (exact) mass is 455 g/mol. The molecule has 0 spiro atoms. The van der Waals surface area contributed by atoms with Gasteiger partial charge in [0.2, 0.25) is 0 Å². The third-order valence-electron chi connectivity index (χ3n) is 3.83. The van der Waals surface area contributed by atoms with Crippen LogP contribution in [0.4, 0.5) is 5.69 Å². The molecule has 0 atom stereocenters. The number of nitrogens with zero attached hydrogens (tertiary/aromatic N) is 2. The number of esters is 1. The molecule has 0 aliphatic carbocycles. The standard InChI is InChI=1S/C19H19Cl2N3O4S/c1-19(2,3)28-18(25)11-24(15-4-5-17-12(6-15)10-22-23-17)29(26,27)16-8-13(20)7-14(21)9-16/h4-10H,11H2,1-3H3,(H,22,23). The summed E-state index contributed by atoms with van der Waals surface area (Å²) in [6, 6.07) is 8.86. The van der Waals surface area contributed by atoms with Gasteiger partial charge in [0.05, 0.1) is 22.3 Å². The van der Waals surface area contributed by atoms with E-state index in [2.05, 4.69) is 10.2 Å². The number of nitrogens with one attached hydrogen (secondary N) is 1. The van der Waals surface area contributed by atoms with E-state index in [9.17, 15) is 13.2 Å². The molecule has 1 N–H and O–H groups in total. The molecule has 154 valence electrons. The first-order valence-corrected chi connectivity index (χ1v) is 10.8. The number of carbonyl (C=O) groups is 1. The number of rotatable bonds is 5. The highest BCUT2D eigenvalue weighted by Crippen LogP contribution is 2.30. The lowest BCUT2D eigenvalue weighted by Crippen LogP contribution is -2.39. The van der Waals surface area contributed by atoms with Crippen LogP contribution >= 0.6 is 23.2 Å². The maximum atomic E-state index is 13.4. The van der Waals surface area contributed by atoms with Crippen molar-refractivity contribution >= 4 is 55.8 Å². The molecule has 2 aromatic carbocycles. The highest BCUT2D eigenvalue weighted by molar-refractivity contribution is 7.92. The Kier molecular flexibility index (Phi) is 5.80. The number of halogens is 2. The fourth-order valence-electron chi connectivity index (χ4n) is 2.70. The van der Waals surface area contributed by atoms with E-state index >= 15 is 0 Å². The number of anilines is 1. The number of benzene rings is 2. The number of hydrogen-bond acceptors (Lipinski definition) is 5. The van der Waals surface area contributed by atoms with Gasteiger partial charge in [-0.2, -0.15) is 5.10 Å². The number of fused-ring (bicyclic) bond motifs is 1. The van der Waals surface area contributed by atoms with Crippen LogP contribution in [0.2, 0.25) is 10.0 Å². The summed E-state index contributed by atoms with van der Waals surface area (Å²) in [5.41, 5.74) is 0.246. The Morgan fingerprint density at radius 2 is 1.79 bits per heavy atom. The molecule has 0 fully saturated rings. The summed E-state index contributed by atoms with van der Waals surface area (Å²) in [5.74, 6) is -0.693. The summed E-state index contributed by atoms with van der Waals surface area (Å²) >= 11 is 12.0. The van der Waals surface area contributed by atoms with Crippen molar-refractivity contribution in [3.05, 3.63) is 52.6 Å². The van der Waals surface area contributed by atoms with E-state index in [1.54, 1.807) is 45.2 Å². The summed E-state index contributed by atoms with van der Waals surface area (Å²) in [6.45, 7) is 4.60. The first-order chi connectivity index (χ1) is 13.5. The Morgan fingerprint density at radius 3 is 2.41 bits per heavy atom. The number of sulfonamides is 1. The van der Waals surface area contributed by atoms with Crippen molar-refractivity contribution in [1.82, 2.24) is 10.2 Å². The third-order valence-corrected chi connectivity index (χ3v) is 6.02. The SMILES string of the molecule is CC(C)(C)OC(=O)CN(c1ccc2[nH]ncc2c1)S(=O)(=O)c1cc(Cl)cc(Cl)c1. The van der Waals surface area contributed by atoms with Gasteiger partial charge in [-0.05, 0) is 57.2 Å². The molecule has 3 rings (SSSR count). The van der Waals surface area contributed by atoms with E-state index in [0.717, 1.165) is 9.82 Å². The molecule has 0 saturated heterocycles. The van der Waals surface area contributed by atoms with Crippen LogP contribution in [0.5, 0.6) is 0 Å². The second kappa shape index (κ2) is 7.85.